The van der Waals surface area contributed by atoms with E-state index >= 15 is 0 Å². The minimum Gasteiger partial charge on any atom is -0.393 e. The van der Waals surface area contributed by atoms with E-state index in [4.69, 9.17) is 0 Å². The third-order valence-corrected chi connectivity index (χ3v) is 3.59. The minimum atomic E-state index is -0.0419. The lowest BCUT2D eigenvalue weighted by molar-refractivity contribution is 0.147. The summed E-state index contributed by atoms with van der Waals surface area (Å²) in [6.07, 6.45) is 18.0. The largest absolute Gasteiger partial charge is 0.393 e. The van der Waals surface area contributed by atoms with Crippen molar-refractivity contribution in [2.75, 3.05) is 0 Å². The first-order valence-corrected chi connectivity index (χ1v) is 8.10. The van der Waals surface area contributed by atoms with Crippen molar-refractivity contribution in [2.24, 2.45) is 0 Å². The van der Waals surface area contributed by atoms with Crippen LogP contribution in [0.1, 0.15) is 90.4 Å². The van der Waals surface area contributed by atoms with Crippen LogP contribution in [0, 0.1) is 0 Å². The topological polar surface area (TPSA) is 20.2 Å². The number of aliphatic hydroxyl groups is 1. The maximum atomic E-state index is 9.83. The Morgan fingerprint density at radius 2 is 1.33 bits per heavy atom. The summed E-state index contributed by atoms with van der Waals surface area (Å²) in [6, 6.07) is 0. The van der Waals surface area contributed by atoms with E-state index in [1.54, 1.807) is 0 Å². The highest BCUT2D eigenvalue weighted by atomic mass is 16.3. The Balaban J connectivity index is 3.11. The van der Waals surface area contributed by atoms with Crippen LogP contribution in [0.15, 0.2) is 12.7 Å². The average Bonchev–Trinajstić information content (AvgIpc) is 2.37. The number of allylic oxidation sites excluding steroid dienone is 1. The maximum absolute atomic E-state index is 9.83. The molecule has 0 aliphatic carbocycles. The molecular weight excluding hydrogens is 220 g/mol. The van der Waals surface area contributed by atoms with Crippen LogP contribution in [-0.2, 0) is 0 Å². The quantitative estimate of drug-likeness (QED) is 0.315. The van der Waals surface area contributed by atoms with E-state index in [1.165, 1.54) is 64.2 Å². The van der Waals surface area contributed by atoms with Crippen LogP contribution in [0.3, 0.4) is 0 Å². The Bertz CT molecular complexity index is 165. The van der Waals surface area contributed by atoms with Gasteiger partial charge in [-0.3, -0.25) is 0 Å². The summed E-state index contributed by atoms with van der Waals surface area (Å²) in [6.45, 7) is 5.97. The molecule has 1 nitrogen and oxygen atoms in total. The van der Waals surface area contributed by atoms with E-state index in [2.05, 4.69) is 13.5 Å². The van der Waals surface area contributed by atoms with Gasteiger partial charge >= 0.3 is 0 Å². The Kier molecular flexibility index (Phi) is 14.5. The van der Waals surface area contributed by atoms with Crippen molar-refractivity contribution in [3.05, 3.63) is 12.7 Å². The minimum absolute atomic E-state index is 0.0419. The Morgan fingerprint density at radius 1 is 0.833 bits per heavy atom. The molecule has 0 aromatic heterocycles. The Morgan fingerprint density at radius 3 is 1.89 bits per heavy atom. The molecule has 1 N–H and O–H groups in total. The first kappa shape index (κ1) is 17.7. The Labute approximate surface area is 115 Å². The normalized spacial score (nSPS) is 12.6. The van der Waals surface area contributed by atoms with Gasteiger partial charge in [0.15, 0.2) is 0 Å². The van der Waals surface area contributed by atoms with E-state index in [0.717, 1.165) is 19.3 Å². The van der Waals surface area contributed by atoms with Crippen molar-refractivity contribution in [3.63, 3.8) is 0 Å². The number of unbranched alkanes of at least 4 members (excludes halogenated alkanes) is 9. The lowest BCUT2D eigenvalue weighted by atomic mass is 10.0. The first-order valence-electron chi connectivity index (χ1n) is 8.10. The Hall–Kier alpha value is -0.300. The van der Waals surface area contributed by atoms with E-state index in [9.17, 15) is 5.11 Å². The third-order valence-electron chi connectivity index (χ3n) is 3.59. The number of rotatable bonds is 14. The molecule has 0 saturated carbocycles. The van der Waals surface area contributed by atoms with Gasteiger partial charge in [0.05, 0.1) is 6.10 Å². The number of hydrogen-bond acceptors (Lipinski definition) is 1. The predicted octanol–water partition coefficient (Wildman–Crippen LogP) is 5.62. The van der Waals surface area contributed by atoms with Gasteiger partial charge in [0.25, 0.3) is 0 Å². The molecule has 0 rings (SSSR count). The summed E-state index contributed by atoms with van der Waals surface area (Å²) in [7, 11) is 0. The molecule has 1 unspecified atom stereocenters. The lowest BCUT2D eigenvalue weighted by Crippen LogP contribution is -2.05. The number of hydrogen-bond donors (Lipinski definition) is 1. The van der Waals surface area contributed by atoms with Gasteiger partial charge in [-0.2, -0.15) is 0 Å². The lowest BCUT2D eigenvalue weighted by Gasteiger charge is -2.10. The summed E-state index contributed by atoms with van der Waals surface area (Å²) in [5.41, 5.74) is 0. The zero-order valence-corrected chi connectivity index (χ0v) is 12.5. The summed E-state index contributed by atoms with van der Waals surface area (Å²) >= 11 is 0. The molecule has 1 atom stereocenters. The van der Waals surface area contributed by atoms with Gasteiger partial charge in [-0.1, -0.05) is 70.8 Å². The third kappa shape index (κ3) is 13.8. The van der Waals surface area contributed by atoms with Gasteiger partial charge in [0.2, 0.25) is 0 Å². The molecule has 0 aromatic carbocycles. The van der Waals surface area contributed by atoms with Crippen molar-refractivity contribution in [1.82, 2.24) is 0 Å². The second kappa shape index (κ2) is 14.8. The highest BCUT2D eigenvalue weighted by Crippen LogP contribution is 2.13. The zero-order chi connectivity index (χ0) is 13.5. The maximum Gasteiger partial charge on any atom is 0.0540 e. The van der Waals surface area contributed by atoms with Crippen molar-refractivity contribution in [1.29, 1.82) is 0 Å². The monoisotopic (exact) mass is 254 g/mol. The van der Waals surface area contributed by atoms with Gasteiger partial charge in [0.1, 0.15) is 0 Å². The second-order valence-corrected chi connectivity index (χ2v) is 5.49. The average molecular weight is 254 g/mol. The van der Waals surface area contributed by atoms with E-state index in [-0.39, 0.29) is 6.10 Å². The van der Waals surface area contributed by atoms with Crippen LogP contribution in [0.2, 0.25) is 0 Å². The highest BCUT2D eigenvalue weighted by molar-refractivity contribution is 4.65. The van der Waals surface area contributed by atoms with Crippen LogP contribution in [0.5, 0.6) is 0 Å². The zero-order valence-electron chi connectivity index (χ0n) is 12.5. The first-order chi connectivity index (χ1) is 8.81. The van der Waals surface area contributed by atoms with Crippen molar-refractivity contribution >= 4 is 0 Å². The molecule has 0 aliphatic heterocycles. The molecule has 0 amide bonds. The van der Waals surface area contributed by atoms with Crippen LogP contribution < -0.4 is 0 Å². The van der Waals surface area contributed by atoms with Gasteiger partial charge in [-0.25, -0.2) is 0 Å². The predicted molar refractivity (Wildman–Crippen MR) is 81.9 cm³/mol. The van der Waals surface area contributed by atoms with Crippen LogP contribution in [-0.4, -0.2) is 11.2 Å². The van der Waals surface area contributed by atoms with Crippen LogP contribution >= 0.6 is 0 Å². The summed E-state index contributed by atoms with van der Waals surface area (Å²) < 4.78 is 0. The molecule has 18 heavy (non-hydrogen) atoms. The van der Waals surface area contributed by atoms with Gasteiger partial charge < -0.3 is 5.11 Å². The second-order valence-electron chi connectivity index (χ2n) is 5.49. The molecule has 0 aliphatic rings. The molecule has 0 radical (unpaired) electrons. The van der Waals surface area contributed by atoms with Crippen LogP contribution in [0.4, 0.5) is 0 Å². The van der Waals surface area contributed by atoms with Crippen molar-refractivity contribution < 1.29 is 5.11 Å². The SMILES string of the molecule is C=CCCCCCCCC(O)CCCCCCC. The van der Waals surface area contributed by atoms with Gasteiger partial charge in [0, 0.05) is 0 Å². The summed E-state index contributed by atoms with van der Waals surface area (Å²) in [4.78, 5) is 0. The van der Waals surface area contributed by atoms with Crippen LogP contribution in [0.25, 0.3) is 0 Å². The van der Waals surface area contributed by atoms with E-state index in [1.807, 2.05) is 6.08 Å². The fraction of sp³-hybridized carbons (Fsp3) is 0.882. The standard InChI is InChI=1S/C17H34O/c1-3-5-7-9-10-12-14-16-17(18)15-13-11-8-6-4-2/h3,17-18H,1,4-16H2,2H3. The highest BCUT2D eigenvalue weighted by Gasteiger charge is 2.03. The molecule has 108 valence electrons. The fourth-order valence-electron chi connectivity index (χ4n) is 2.33. The molecule has 0 saturated heterocycles. The van der Waals surface area contributed by atoms with Gasteiger partial charge in [-0.15, -0.1) is 6.58 Å². The molecule has 0 fully saturated rings. The molecule has 0 bridgehead atoms. The summed E-state index contributed by atoms with van der Waals surface area (Å²) in [5.74, 6) is 0. The number of aliphatic hydroxyl groups excluding tert-OH is 1. The molecular formula is C17H34O. The van der Waals surface area contributed by atoms with E-state index < -0.39 is 0 Å². The summed E-state index contributed by atoms with van der Waals surface area (Å²) in [5, 5.41) is 9.83. The molecule has 0 heterocycles. The fourth-order valence-corrected chi connectivity index (χ4v) is 2.33. The molecule has 1 heteroatoms. The smallest absolute Gasteiger partial charge is 0.0540 e. The van der Waals surface area contributed by atoms with Crippen molar-refractivity contribution in [3.8, 4) is 0 Å². The van der Waals surface area contributed by atoms with Gasteiger partial charge in [-0.05, 0) is 25.7 Å². The van der Waals surface area contributed by atoms with E-state index in [0.29, 0.717) is 0 Å². The van der Waals surface area contributed by atoms with Crippen molar-refractivity contribution in [2.45, 2.75) is 96.5 Å². The molecule has 0 aromatic rings. The molecule has 0 spiro atoms.